The molecule has 0 saturated heterocycles. The van der Waals surface area contributed by atoms with Gasteiger partial charge in [-0.25, -0.2) is 8.42 Å². The number of hydrogen-bond acceptors (Lipinski definition) is 5. The van der Waals surface area contributed by atoms with Crippen molar-refractivity contribution in [2.75, 3.05) is 13.1 Å². The molecule has 0 saturated carbocycles. The first-order valence-electron chi connectivity index (χ1n) is 8.42. The van der Waals surface area contributed by atoms with Gasteiger partial charge in [-0.2, -0.15) is 4.31 Å². The number of para-hydroxylation sites is 1. The molecule has 1 N–H and O–H groups in total. The molecule has 0 radical (unpaired) electrons. The van der Waals surface area contributed by atoms with E-state index in [1.54, 1.807) is 18.2 Å². The number of carbonyl (C=O) groups excluding carboxylic acids is 1. The standard InChI is InChI=1S/C18H19BrN2O4S2/c1-3-21(4-2)27(23,24)16-9-8-13(26-16)11-20-18(22)15-10-12-6-5-7-14(19)17(12)25-15/h5-10H,3-4,11H2,1-2H3,(H,20,22). The first-order valence-corrected chi connectivity index (χ1v) is 11.5. The molecule has 1 aromatic carbocycles. The van der Waals surface area contributed by atoms with Crippen LogP contribution in [0.3, 0.4) is 0 Å². The van der Waals surface area contributed by atoms with Gasteiger partial charge in [-0.15, -0.1) is 11.3 Å². The Morgan fingerprint density at radius 3 is 2.63 bits per heavy atom. The Hall–Kier alpha value is -1.68. The van der Waals surface area contributed by atoms with Gasteiger partial charge in [-0.1, -0.05) is 26.0 Å². The van der Waals surface area contributed by atoms with Crippen LogP contribution in [0.1, 0.15) is 29.3 Å². The number of sulfonamides is 1. The average molecular weight is 471 g/mol. The summed E-state index contributed by atoms with van der Waals surface area (Å²) in [6, 6.07) is 10.6. The molecule has 9 heteroatoms. The van der Waals surface area contributed by atoms with Crippen LogP contribution in [0, 0.1) is 0 Å². The smallest absolute Gasteiger partial charge is 0.287 e. The van der Waals surface area contributed by atoms with E-state index in [0.29, 0.717) is 18.7 Å². The highest BCUT2D eigenvalue weighted by molar-refractivity contribution is 9.10. The van der Waals surface area contributed by atoms with Crippen LogP contribution in [0.25, 0.3) is 11.0 Å². The summed E-state index contributed by atoms with van der Waals surface area (Å²) in [5.74, 6) is -0.135. The fourth-order valence-corrected chi connectivity index (χ4v) is 6.05. The molecule has 2 heterocycles. The van der Waals surface area contributed by atoms with Crippen molar-refractivity contribution >= 4 is 54.2 Å². The number of fused-ring (bicyclic) bond motifs is 1. The third-order valence-electron chi connectivity index (χ3n) is 4.08. The fourth-order valence-electron chi connectivity index (χ4n) is 2.68. The van der Waals surface area contributed by atoms with Gasteiger partial charge in [-0.3, -0.25) is 4.79 Å². The molecule has 0 aliphatic rings. The van der Waals surface area contributed by atoms with E-state index in [1.807, 2.05) is 32.0 Å². The predicted octanol–water partition coefficient (Wildman–Crippen LogP) is 4.22. The van der Waals surface area contributed by atoms with Crippen molar-refractivity contribution in [2.24, 2.45) is 0 Å². The van der Waals surface area contributed by atoms with Gasteiger partial charge in [0, 0.05) is 23.4 Å². The molecule has 0 unspecified atom stereocenters. The SMILES string of the molecule is CCN(CC)S(=O)(=O)c1ccc(CNC(=O)c2cc3cccc(Br)c3o2)s1. The first kappa shape index (κ1) is 20.1. The Kier molecular flexibility index (Phi) is 6.05. The Morgan fingerprint density at radius 2 is 1.96 bits per heavy atom. The molecule has 0 aliphatic carbocycles. The summed E-state index contributed by atoms with van der Waals surface area (Å²) in [5, 5.41) is 3.60. The number of amides is 1. The largest absolute Gasteiger partial charge is 0.450 e. The first-order chi connectivity index (χ1) is 12.9. The van der Waals surface area contributed by atoms with Gasteiger partial charge in [0.25, 0.3) is 15.9 Å². The highest BCUT2D eigenvalue weighted by Crippen LogP contribution is 2.27. The molecule has 27 heavy (non-hydrogen) atoms. The van der Waals surface area contributed by atoms with Gasteiger partial charge in [0.1, 0.15) is 9.79 Å². The summed E-state index contributed by atoms with van der Waals surface area (Å²) in [4.78, 5) is 13.1. The van der Waals surface area contributed by atoms with Crippen LogP contribution in [0.4, 0.5) is 0 Å². The number of nitrogens with one attached hydrogen (secondary N) is 1. The van der Waals surface area contributed by atoms with Crippen LogP contribution in [-0.4, -0.2) is 31.7 Å². The van der Waals surface area contributed by atoms with Gasteiger partial charge in [0.2, 0.25) is 0 Å². The number of rotatable bonds is 7. The third kappa shape index (κ3) is 4.11. The molecule has 0 aliphatic heterocycles. The Balaban J connectivity index is 1.71. The van der Waals surface area contributed by atoms with Crippen molar-refractivity contribution in [1.29, 1.82) is 0 Å². The zero-order valence-corrected chi connectivity index (χ0v) is 18.1. The number of benzene rings is 1. The molecular formula is C18H19BrN2O4S2. The van der Waals surface area contributed by atoms with Crippen LogP contribution < -0.4 is 5.32 Å². The minimum atomic E-state index is -3.48. The van der Waals surface area contributed by atoms with Crippen LogP contribution in [0.15, 0.2) is 49.5 Å². The van der Waals surface area contributed by atoms with E-state index >= 15 is 0 Å². The van der Waals surface area contributed by atoms with Gasteiger partial charge in [0.15, 0.2) is 5.76 Å². The average Bonchev–Trinajstić information content (AvgIpc) is 3.28. The van der Waals surface area contributed by atoms with E-state index in [1.165, 1.54) is 4.31 Å². The maximum Gasteiger partial charge on any atom is 0.287 e. The number of hydrogen-bond donors (Lipinski definition) is 1. The third-order valence-corrected chi connectivity index (χ3v) is 8.31. The quantitative estimate of drug-likeness (QED) is 0.560. The number of thiophene rings is 1. The van der Waals surface area contributed by atoms with Crippen molar-refractivity contribution in [2.45, 2.75) is 24.6 Å². The minimum absolute atomic E-state index is 0.212. The number of halogens is 1. The van der Waals surface area contributed by atoms with Gasteiger partial charge >= 0.3 is 0 Å². The highest BCUT2D eigenvalue weighted by Gasteiger charge is 2.23. The van der Waals surface area contributed by atoms with Crippen molar-refractivity contribution in [3.05, 3.63) is 51.5 Å². The maximum atomic E-state index is 12.5. The number of nitrogens with zero attached hydrogens (tertiary/aromatic N) is 1. The van der Waals surface area contributed by atoms with Crippen LogP contribution >= 0.6 is 27.3 Å². The zero-order chi connectivity index (χ0) is 19.6. The van der Waals surface area contributed by atoms with Crippen molar-refractivity contribution in [3.8, 4) is 0 Å². The summed E-state index contributed by atoms with van der Waals surface area (Å²) in [7, 11) is -3.48. The maximum absolute atomic E-state index is 12.5. The second-order valence-corrected chi connectivity index (χ2v) is 9.95. The minimum Gasteiger partial charge on any atom is -0.450 e. The zero-order valence-electron chi connectivity index (χ0n) is 14.9. The lowest BCUT2D eigenvalue weighted by Gasteiger charge is -2.16. The summed E-state index contributed by atoms with van der Waals surface area (Å²) in [5.41, 5.74) is 0.617. The normalized spacial score (nSPS) is 12.0. The molecule has 3 rings (SSSR count). The Morgan fingerprint density at radius 1 is 1.22 bits per heavy atom. The van der Waals surface area contributed by atoms with Crippen LogP contribution in [0.5, 0.6) is 0 Å². The Bertz CT molecular complexity index is 1070. The molecule has 0 atom stereocenters. The van der Waals surface area contributed by atoms with E-state index in [2.05, 4.69) is 21.2 Å². The van der Waals surface area contributed by atoms with E-state index in [0.717, 1.165) is 26.1 Å². The lowest BCUT2D eigenvalue weighted by molar-refractivity contribution is 0.0925. The summed E-state index contributed by atoms with van der Waals surface area (Å²) in [6.45, 7) is 4.69. The molecular weight excluding hydrogens is 452 g/mol. The molecule has 2 aromatic heterocycles. The van der Waals surface area contributed by atoms with Crippen LogP contribution in [0.2, 0.25) is 0 Å². The number of furan rings is 1. The Labute approximate surface area is 170 Å². The van der Waals surface area contributed by atoms with Crippen molar-refractivity contribution < 1.29 is 17.6 Å². The molecule has 1 amide bonds. The number of carbonyl (C=O) groups is 1. The second-order valence-electron chi connectivity index (χ2n) is 5.76. The van der Waals surface area contributed by atoms with Crippen molar-refractivity contribution in [3.63, 3.8) is 0 Å². The van der Waals surface area contributed by atoms with Gasteiger partial charge in [-0.05, 0) is 40.2 Å². The molecule has 6 nitrogen and oxygen atoms in total. The van der Waals surface area contributed by atoms with Crippen molar-refractivity contribution in [1.82, 2.24) is 9.62 Å². The molecule has 0 bridgehead atoms. The van der Waals surface area contributed by atoms with Crippen LogP contribution in [-0.2, 0) is 16.6 Å². The second kappa shape index (κ2) is 8.14. The highest BCUT2D eigenvalue weighted by atomic mass is 79.9. The molecule has 144 valence electrons. The van der Waals surface area contributed by atoms with Gasteiger partial charge < -0.3 is 9.73 Å². The summed E-state index contributed by atoms with van der Waals surface area (Å²) in [6.07, 6.45) is 0. The monoisotopic (exact) mass is 470 g/mol. The topological polar surface area (TPSA) is 79.6 Å². The van der Waals surface area contributed by atoms with E-state index in [4.69, 9.17) is 4.42 Å². The van der Waals surface area contributed by atoms with Gasteiger partial charge in [0.05, 0.1) is 11.0 Å². The molecule has 0 fully saturated rings. The van der Waals surface area contributed by atoms with E-state index in [9.17, 15) is 13.2 Å². The summed E-state index contributed by atoms with van der Waals surface area (Å²) >= 11 is 4.56. The predicted molar refractivity (Wildman–Crippen MR) is 110 cm³/mol. The van der Waals surface area contributed by atoms with E-state index < -0.39 is 10.0 Å². The lowest BCUT2D eigenvalue weighted by atomic mass is 10.2. The summed E-state index contributed by atoms with van der Waals surface area (Å²) < 4.78 is 33.1. The fraction of sp³-hybridized carbons (Fsp3) is 0.278. The lowest BCUT2D eigenvalue weighted by Crippen LogP contribution is -2.29. The molecule has 3 aromatic rings. The molecule has 0 spiro atoms. The van der Waals surface area contributed by atoms with E-state index in [-0.39, 0.29) is 22.4 Å².